The number of Topliss-reactive ketones (excluding diaryl/α,β-unsaturated/α-hetero) is 1. The number of ether oxygens (including phenoxy) is 2. The van der Waals surface area contributed by atoms with Gasteiger partial charge in [-0.25, -0.2) is 4.98 Å². The lowest BCUT2D eigenvalue weighted by Gasteiger charge is -2.34. The van der Waals surface area contributed by atoms with E-state index in [0.29, 0.717) is 5.56 Å². The molecular weight excluding hydrogens is 483 g/mol. The zero-order valence-corrected chi connectivity index (χ0v) is 20.0. The second-order valence-corrected chi connectivity index (χ2v) is 9.12. The number of aromatic nitrogens is 4. The Balaban J connectivity index is 1.89. The monoisotopic (exact) mass is 510 g/mol. The number of nitrogens with zero attached hydrogens (tertiary/aromatic N) is 3. The summed E-state index contributed by atoms with van der Waals surface area (Å²) < 4.78 is 25.1. The van der Waals surface area contributed by atoms with Crippen molar-refractivity contribution >= 4 is 30.5 Å². The molecule has 3 aromatic rings. The molecule has 0 bridgehead atoms. The summed E-state index contributed by atoms with van der Waals surface area (Å²) in [6.45, 7) is 2.43. The molecule has 6 N–H and O–H groups in total. The number of hydroxylamine groups is 1. The number of nitrogens with one attached hydrogen (secondary N) is 2. The Hall–Kier alpha value is -2.97. The smallest absolute Gasteiger partial charge is 0.369 e. The lowest BCUT2D eigenvalue weighted by Crippen LogP contribution is -2.52. The van der Waals surface area contributed by atoms with Crippen molar-refractivity contribution in [2.75, 3.05) is 18.9 Å². The van der Waals surface area contributed by atoms with Crippen molar-refractivity contribution in [1.29, 1.82) is 0 Å². The van der Waals surface area contributed by atoms with Gasteiger partial charge in [0.1, 0.15) is 0 Å². The summed E-state index contributed by atoms with van der Waals surface area (Å²) >= 11 is 0. The first kappa shape index (κ1) is 26.6. The maximum atomic E-state index is 13.3. The Bertz CT molecular complexity index is 1260. The van der Waals surface area contributed by atoms with Crippen molar-refractivity contribution < 1.29 is 33.5 Å². The van der Waals surface area contributed by atoms with E-state index < -0.39 is 37.1 Å². The van der Waals surface area contributed by atoms with Gasteiger partial charge in [-0.15, -0.1) is 0 Å². The molecular formula is C20H27N6O8P. The van der Waals surface area contributed by atoms with Crippen LogP contribution < -0.4 is 16.8 Å². The van der Waals surface area contributed by atoms with E-state index in [1.54, 1.807) is 37.3 Å². The van der Waals surface area contributed by atoms with Crippen LogP contribution in [0.15, 0.2) is 41.5 Å². The number of hydrogen-bond donors (Lipinski definition) is 5. The van der Waals surface area contributed by atoms with Crippen LogP contribution in [0.5, 0.6) is 0 Å². The fourth-order valence-electron chi connectivity index (χ4n) is 3.20. The highest BCUT2D eigenvalue weighted by atomic mass is 31.2. The molecule has 0 saturated heterocycles. The molecule has 0 aliphatic carbocycles. The van der Waals surface area contributed by atoms with Crippen LogP contribution >= 0.6 is 7.60 Å². The standard InChI is InChI=1S/C20H27N6O8P/c1-3-34-25-13(2)16(27)20(35(29,30)31,33-11-14-7-5-4-6-8-14)32-10-9-26-12-22-15-17(26)23-19(21)24-18(15)28/h4-8,12-13,25H,3,9-11H2,1-2H3,(H2,29,30,31)(H3,21,23,24,28). The summed E-state index contributed by atoms with van der Waals surface area (Å²) in [7, 11) is -5.36. The highest BCUT2D eigenvalue weighted by Gasteiger charge is 2.58. The minimum atomic E-state index is -5.36. The molecule has 35 heavy (non-hydrogen) atoms. The van der Waals surface area contributed by atoms with E-state index in [-0.39, 0.29) is 36.9 Å². The molecule has 0 amide bonds. The van der Waals surface area contributed by atoms with E-state index in [2.05, 4.69) is 20.4 Å². The summed E-state index contributed by atoms with van der Waals surface area (Å²) in [6.07, 6.45) is 1.29. The Kier molecular flexibility index (Phi) is 8.51. The van der Waals surface area contributed by atoms with Crippen LogP contribution in [0.1, 0.15) is 19.4 Å². The fraction of sp³-hybridized carbons (Fsp3) is 0.400. The number of ketones is 1. The van der Waals surface area contributed by atoms with Crippen molar-refractivity contribution in [3.8, 4) is 0 Å². The number of anilines is 1. The molecule has 2 atom stereocenters. The van der Waals surface area contributed by atoms with Crippen molar-refractivity contribution in [3.05, 3.63) is 52.6 Å². The molecule has 0 radical (unpaired) electrons. The first-order valence-corrected chi connectivity index (χ1v) is 12.2. The number of aromatic amines is 1. The first-order valence-electron chi connectivity index (χ1n) is 10.6. The summed E-state index contributed by atoms with van der Waals surface area (Å²) in [5.41, 5.74) is 5.24. The van der Waals surface area contributed by atoms with Crippen LogP contribution in [0.4, 0.5) is 5.95 Å². The van der Waals surface area contributed by atoms with Gasteiger partial charge < -0.3 is 34.4 Å². The molecule has 0 saturated carbocycles. The van der Waals surface area contributed by atoms with Crippen LogP contribution in [-0.4, -0.2) is 59.9 Å². The quantitative estimate of drug-likeness (QED) is 0.119. The number of H-pyrrole nitrogens is 1. The fourth-order valence-corrected chi connectivity index (χ4v) is 4.18. The van der Waals surface area contributed by atoms with Gasteiger partial charge in [-0.1, -0.05) is 30.3 Å². The molecule has 3 rings (SSSR count). The van der Waals surface area contributed by atoms with Gasteiger partial charge in [0.05, 0.1) is 32.2 Å². The number of fused-ring (bicyclic) bond motifs is 1. The van der Waals surface area contributed by atoms with Gasteiger partial charge in [-0.3, -0.25) is 19.1 Å². The number of carbonyl (C=O) groups excluding carboxylic acids is 1. The number of nitrogens with two attached hydrogens (primary N) is 1. The van der Waals surface area contributed by atoms with Crippen LogP contribution in [0, 0.1) is 0 Å². The van der Waals surface area contributed by atoms with E-state index in [9.17, 15) is 23.9 Å². The zero-order valence-electron chi connectivity index (χ0n) is 19.1. The van der Waals surface area contributed by atoms with Crippen LogP contribution in [0.3, 0.4) is 0 Å². The summed E-state index contributed by atoms with van der Waals surface area (Å²) in [5, 5.41) is 0. The largest absolute Gasteiger partial charge is 0.393 e. The number of nitrogen functional groups attached to an aromatic ring is 1. The lowest BCUT2D eigenvalue weighted by molar-refractivity contribution is -0.205. The number of hydrogen-bond acceptors (Lipinski definition) is 10. The third-order valence-electron chi connectivity index (χ3n) is 4.89. The molecule has 15 heteroatoms. The molecule has 0 fully saturated rings. The highest BCUT2D eigenvalue weighted by molar-refractivity contribution is 7.54. The van der Waals surface area contributed by atoms with Gasteiger partial charge in [0.2, 0.25) is 11.7 Å². The van der Waals surface area contributed by atoms with Crippen molar-refractivity contribution in [1.82, 2.24) is 25.0 Å². The Morgan fingerprint density at radius 3 is 2.69 bits per heavy atom. The average Bonchev–Trinajstić information content (AvgIpc) is 3.22. The summed E-state index contributed by atoms with van der Waals surface area (Å²) in [5.74, 6) is -1.20. The van der Waals surface area contributed by atoms with Crippen molar-refractivity contribution in [2.45, 2.75) is 38.6 Å². The van der Waals surface area contributed by atoms with Gasteiger partial charge >= 0.3 is 13.1 Å². The predicted molar refractivity (Wildman–Crippen MR) is 124 cm³/mol. The van der Waals surface area contributed by atoms with Gasteiger partial charge in [-0.05, 0) is 19.4 Å². The third-order valence-corrected chi connectivity index (χ3v) is 6.14. The van der Waals surface area contributed by atoms with Crippen LogP contribution in [0.25, 0.3) is 11.2 Å². The molecule has 14 nitrogen and oxygen atoms in total. The zero-order chi connectivity index (χ0) is 25.6. The molecule has 0 spiro atoms. The normalized spacial score (nSPS) is 14.6. The molecule has 0 aliphatic rings. The number of benzene rings is 1. The SMILES string of the molecule is CCONC(C)C(=O)C(OCCn1cnc2c(=O)[nH]c(N)nc21)(OCc1ccccc1)P(=O)(O)O. The molecule has 2 unspecified atom stereocenters. The second-order valence-electron chi connectivity index (χ2n) is 7.45. The van der Waals surface area contributed by atoms with Gasteiger partial charge in [-0.2, -0.15) is 10.5 Å². The maximum Gasteiger partial charge on any atom is 0.393 e. The van der Waals surface area contributed by atoms with Gasteiger partial charge in [0, 0.05) is 6.54 Å². The summed E-state index contributed by atoms with van der Waals surface area (Å²) in [4.78, 5) is 61.0. The van der Waals surface area contributed by atoms with E-state index in [1.165, 1.54) is 17.8 Å². The van der Waals surface area contributed by atoms with Crippen molar-refractivity contribution in [2.24, 2.45) is 0 Å². The topological polar surface area (TPSA) is 204 Å². The average molecular weight is 510 g/mol. The summed E-state index contributed by atoms with van der Waals surface area (Å²) in [6, 6.07) is 7.34. The first-order chi connectivity index (χ1) is 16.6. The third kappa shape index (κ3) is 6.00. The lowest BCUT2D eigenvalue weighted by atomic mass is 10.2. The van der Waals surface area contributed by atoms with E-state index in [0.717, 1.165) is 0 Å². The Morgan fingerprint density at radius 2 is 2.03 bits per heavy atom. The molecule has 190 valence electrons. The Labute approximate surface area is 199 Å². The van der Waals surface area contributed by atoms with Crippen LogP contribution in [0.2, 0.25) is 0 Å². The molecule has 1 aromatic carbocycles. The van der Waals surface area contributed by atoms with E-state index >= 15 is 0 Å². The molecule has 2 heterocycles. The predicted octanol–water partition coefficient (Wildman–Crippen LogP) is 0.265. The van der Waals surface area contributed by atoms with Crippen LogP contribution in [-0.2, 0) is 36.8 Å². The van der Waals surface area contributed by atoms with Gasteiger partial charge in [0.15, 0.2) is 11.2 Å². The maximum absolute atomic E-state index is 13.3. The Morgan fingerprint density at radius 1 is 1.31 bits per heavy atom. The second kappa shape index (κ2) is 11.2. The molecule has 0 aliphatic heterocycles. The van der Waals surface area contributed by atoms with Crippen molar-refractivity contribution in [3.63, 3.8) is 0 Å². The minimum Gasteiger partial charge on any atom is -0.369 e. The number of rotatable bonds is 13. The molecule has 2 aromatic heterocycles. The minimum absolute atomic E-state index is 0.0198. The van der Waals surface area contributed by atoms with E-state index in [4.69, 9.17) is 20.0 Å². The number of carbonyl (C=O) groups is 1. The van der Waals surface area contributed by atoms with E-state index in [1.807, 2.05) is 0 Å². The number of imidazole rings is 1. The van der Waals surface area contributed by atoms with Gasteiger partial charge in [0.25, 0.3) is 5.56 Å². The highest BCUT2D eigenvalue weighted by Crippen LogP contribution is 2.53.